The lowest BCUT2D eigenvalue weighted by Gasteiger charge is -1.97. The third kappa shape index (κ3) is 7.81. The SMILES string of the molecule is CCCC(=O)O.c1ccc(SSc2ccccn2)nc1. The van der Waals surface area contributed by atoms with E-state index in [4.69, 9.17) is 5.11 Å². The molecule has 0 aromatic carbocycles. The molecule has 0 atom stereocenters. The average Bonchev–Trinajstić information content (AvgIpc) is 2.48. The van der Waals surface area contributed by atoms with Gasteiger partial charge in [-0.1, -0.05) is 19.1 Å². The van der Waals surface area contributed by atoms with Crippen LogP contribution in [0.4, 0.5) is 0 Å². The van der Waals surface area contributed by atoms with Gasteiger partial charge in [-0.15, -0.1) is 0 Å². The molecule has 20 heavy (non-hydrogen) atoms. The minimum atomic E-state index is -0.711. The lowest BCUT2D eigenvalue weighted by atomic mass is 10.4. The number of carboxylic acids is 1. The smallest absolute Gasteiger partial charge is 0.303 e. The first-order chi connectivity index (χ1) is 9.72. The molecular weight excluding hydrogens is 292 g/mol. The number of pyridine rings is 2. The van der Waals surface area contributed by atoms with E-state index < -0.39 is 5.97 Å². The van der Waals surface area contributed by atoms with Crippen molar-refractivity contribution < 1.29 is 9.90 Å². The van der Waals surface area contributed by atoms with Gasteiger partial charge in [-0.3, -0.25) is 4.79 Å². The standard InChI is InChI=1S/C10H8N2S2.C4H8O2/c1-3-7-11-9(5-1)13-14-10-6-2-4-8-12-10;1-2-3-4(5)6/h1-8H;2-3H2,1H3,(H,5,6). The number of hydrogen-bond donors (Lipinski definition) is 1. The van der Waals surface area contributed by atoms with Gasteiger partial charge in [0.2, 0.25) is 0 Å². The molecule has 0 radical (unpaired) electrons. The van der Waals surface area contributed by atoms with E-state index in [1.807, 2.05) is 43.3 Å². The third-order valence-corrected chi connectivity index (χ3v) is 4.13. The fourth-order valence-electron chi connectivity index (χ4n) is 1.09. The Kier molecular flexibility index (Phi) is 8.49. The number of carboxylic acid groups (broad SMARTS) is 1. The van der Waals surface area contributed by atoms with E-state index in [0.29, 0.717) is 6.42 Å². The molecule has 0 aliphatic heterocycles. The van der Waals surface area contributed by atoms with Crippen LogP contribution in [-0.2, 0) is 4.79 Å². The van der Waals surface area contributed by atoms with Crippen molar-refractivity contribution in [3.8, 4) is 0 Å². The molecule has 0 unspecified atom stereocenters. The molecule has 2 aromatic rings. The maximum absolute atomic E-state index is 9.60. The van der Waals surface area contributed by atoms with Crippen molar-refractivity contribution in [1.82, 2.24) is 9.97 Å². The molecule has 0 spiro atoms. The first-order valence-electron chi connectivity index (χ1n) is 6.10. The van der Waals surface area contributed by atoms with Crippen LogP contribution in [0.1, 0.15) is 19.8 Å². The van der Waals surface area contributed by atoms with Gasteiger partial charge < -0.3 is 5.11 Å². The molecule has 0 amide bonds. The highest BCUT2D eigenvalue weighted by atomic mass is 33.1. The van der Waals surface area contributed by atoms with Gasteiger partial charge >= 0.3 is 5.97 Å². The Morgan fingerprint density at radius 2 is 1.55 bits per heavy atom. The van der Waals surface area contributed by atoms with Gasteiger partial charge in [-0.25, -0.2) is 9.97 Å². The van der Waals surface area contributed by atoms with Gasteiger partial charge in [-0.2, -0.15) is 0 Å². The van der Waals surface area contributed by atoms with E-state index in [-0.39, 0.29) is 0 Å². The quantitative estimate of drug-likeness (QED) is 0.837. The number of rotatable bonds is 5. The van der Waals surface area contributed by atoms with Crippen molar-refractivity contribution in [3.63, 3.8) is 0 Å². The second kappa shape index (κ2) is 10.3. The summed E-state index contributed by atoms with van der Waals surface area (Å²) >= 11 is 0. The Hall–Kier alpha value is -1.53. The van der Waals surface area contributed by atoms with E-state index in [0.717, 1.165) is 16.5 Å². The Morgan fingerprint density at radius 3 is 1.80 bits per heavy atom. The molecule has 106 valence electrons. The van der Waals surface area contributed by atoms with Gasteiger partial charge in [-0.05, 0) is 52.3 Å². The topological polar surface area (TPSA) is 63.1 Å². The Bertz CT molecular complexity index is 456. The summed E-state index contributed by atoms with van der Waals surface area (Å²) in [5.41, 5.74) is 0. The largest absolute Gasteiger partial charge is 0.481 e. The normalized spacial score (nSPS) is 9.45. The monoisotopic (exact) mass is 308 g/mol. The Balaban J connectivity index is 0.000000286. The maximum atomic E-state index is 9.60. The average molecular weight is 308 g/mol. The molecule has 0 saturated carbocycles. The molecule has 2 rings (SSSR count). The number of hydrogen-bond acceptors (Lipinski definition) is 5. The molecule has 0 bridgehead atoms. The molecule has 2 aromatic heterocycles. The summed E-state index contributed by atoms with van der Waals surface area (Å²) in [5.74, 6) is -0.711. The van der Waals surface area contributed by atoms with Gasteiger partial charge in [0.15, 0.2) is 0 Å². The number of carbonyl (C=O) groups is 1. The molecule has 0 aliphatic rings. The molecule has 0 aliphatic carbocycles. The zero-order valence-corrected chi connectivity index (χ0v) is 12.7. The van der Waals surface area contributed by atoms with Crippen LogP contribution in [0.5, 0.6) is 0 Å². The summed E-state index contributed by atoms with van der Waals surface area (Å²) in [7, 11) is 3.23. The molecule has 6 heteroatoms. The number of nitrogens with zero attached hydrogens (tertiary/aromatic N) is 2. The van der Waals surface area contributed by atoms with Crippen LogP contribution in [0.15, 0.2) is 58.8 Å². The Labute approximate surface area is 126 Å². The first-order valence-corrected chi connectivity index (χ1v) is 8.25. The first kappa shape index (κ1) is 16.5. The fraction of sp³-hybridized carbons (Fsp3) is 0.214. The third-order valence-electron chi connectivity index (χ3n) is 1.95. The van der Waals surface area contributed by atoms with Crippen LogP contribution >= 0.6 is 21.6 Å². The lowest BCUT2D eigenvalue weighted by molar-refractivity contribution is -0.137. The molecule has 0 fully saturated rings. The van der Waals surface area contributed by atoms with Crippen molar-refractivity contribution in [2.45, 2.75) is 29.8 Å². The summed E-state index contributed by atoms with van der Waals surface area (Å²) in [6.45, 7) is 1.84. The van der Waals surface area contributed by atoms with Crippen molar-refractivity contribution in [2.24, 2.45) is 0 Å². The molecule has 4 nitrogen and oxygen atoms in total. The summed E-state index contributed by atoms with van der Waals surface area (Å²) in [6.07, 6.45) is 4.61. The van der Waals surface area contributed by atoms with E-state index in [2.05, 4.69) is 9.97 Å². The van der Waals surface area contributed by atoms with Crippen LogP contribution in [0.25, 0.3) is 0 Å². The van der Waals surface area contributed by atoms with E-state index in [1.54, 1.807) is 34.0 Å². The predicted molar refractivity (Wildman–Crippen MR) is 82.7 cm³/mol. The highest BCUT2D eigenvalue weighted by Gasteiger charge is 1.97. The number of aromatic nitrogens is 2. The highest BCUT2D eigenvalue weighted by molar-refractivity contribution is 8.76. The van der Waals surface area contributed by atoms with Crippen molar-refractivity contribution >= 4 is 27.6 Å². The van der Waals surface area contributed by atoms with Crippen LogP contribution < -0.4 is 0 Å². The molecule has 2 heterocycles. The van der Waals surface area contributed by atoms with Crippen molar-refractivity contribution in [1.29, 1.82) is 0 Å². The van der Waals surface area contributed by atoms with E-state index in [1.165, 1.54) is 0 Å². The second-order valence-corrected chi connectivity index (χ2v) is 5.82. The summed E-state index contributed by atoms with van der Waals surface area (Å²) in [4.78, 5) is 18.0. The van der Waals surface area contributed by atoms with Crippen molar-refractivity contribution in [3.05, 3.63) is 48.8 Å². The van der Waals surface area contributed by atoms with Gasteiger partial charge in [0.25, 0.3) is 0 Å². The van der Waals surface area contributed by atoms with Crippen LogP contribution in [-0.4, -0.2) is 21.0 Å². The highest BCUT2D eigenvalue weighted by Crippen LogP contribution is 2.34. The maximum Gasteiger partial charge on any atom is 0.303 e. The van der Waals surface area contributed by atoms with E-state index >= 15 is 0 Å². The van der Waals surface area contributed by atoms with Crippen LogP contribution in [0.2, 0.25) is 0 Å². The van der Waals surface area contributed by atoms with Gasteiger partial charge in [0, 0.05) is 18.8 Å². The van der Waals surface area contributed by atoms with Crippen LogP contribution in [0.3, 0.4) is 0 Å². The zero-order valence-electron chi connectivity index (χ0n) is 11.1. The second-order valence-electron chi connectivity index (χ2n) is 3.65. The predicted octanol–water partition coefficient (Wildman–Crippen LogP) is 4.15. The van der Waals surface area contributed by atoms with Crippen LogP contribution in [0, 0.1) is 0 Å². The minimum absolute atomic E-state index is 0.292. The van der Waals surface area contributed by atoms with Crippen molar-refractivity contribution in [2.75, 3.05) is 0 Å². The number of aliphatic carboxylic acids is 1. The van der Waals surface area contributed by atoms with E-state index in [9.17, 15) is 4.79 Å². The Morgan fingerprint density at radius 1 is 1.05 bits per heavy atom. The zero-order chi connectivity index (χ0) is 14.6. The fourth-order valence-corrected chi connectivity index (χ4v) is 2.84. The lowest BCUT2D eigenvalue weighted by Crippen LogP contribution is -1.90. The molecule has 1 N–H and O–H groups in total. The summed E-state index contributed by atoms with van der Waals surface area (Å²) < 4.78 is 0. The van der Waals surface area contributed by atoms with Gasteiger partial charge in [0.1, 0.15) is 10.1 Å². The molecular formula is C14H16N2O2S2. The van der Waals surface area contributed by atoms with Gasteiger partial charge in [0.05, 0.1) is 0 Å². The summed E-state index contributed by atoms with van der Waals surface area (Å²) in [5, 5.41) is 9.92. The minimum Gasteiger partial charge on any atom is -0.481 e. The summed E-state index contributed by atoms with van der Waals surface area (Å²) in [6, 6.07) is 11.8. The molecule has 0 saturated heterocycles.